The third-order valence-corrected chi connectivity index (χ3v) is 2.79. The molecule has 2 rings (SSSR count). The number of benzene rings is 2. The lowest BCUT2D eigenvalue weighted by molar-refractivity contribution is 0.512. The van der Waals surface area contributed by atoms with Crippen molar-refractivity contribution in [2.75, 3.05) is 11.1 Å². The molecule has 94 valence electrons. The van der Waals surface area contributed by atoms with Crippen molar-refractivity contribution in [3.8, 4) is 0 Å². The molecule has 0 aliphatic carbocycles. The molecule has 0 aliphatic rings. The quantitative estimate of drug-likeness (QED) is 0.809. The zero-order valence-corrected chi connectivity index (χ0v) is 10.0. The van der Waals surface area contributed by atoms with E-state index in [-0.39, 0.29) is 11.4 Å². The van der Waals surface area contributed by atoms with Crippen LogP contribution in [0.25, 0.3) is 0 Å². The maximum Gasteiger partial charge on any atom is 0.184 e. The van der Waals surface area contributed by atoms with Crippen molar-refractivity contribution in [1.29, 1.82) is 0 Å². The van der Waals surface area contributed by atoms with Crippen LogP contribution in [0.2, 0.25) is 0 Å². The van der Waals surface area contributed by atoms with Crippen molar-refractivity contribution >= 4 is 17.1 Å². The van der Waals surface area contributed by atoms with Gasteiger partial charge in [-0.15, -0.1) is 0 Å². The molecule has 2 aromatic carbocycles. The second-order valence-electron chi connectivity index (χ2n) is 3.96. The minimum absolute atomic E-state index is 0.0177. The van der Waals surface area contributed by atoms with Crippen LogP contribution in [-0.2, 0) is 6.42 Å². The highest BCUT2D eigenvalue weighted by atomic mass is 19.2. The van der Waals surface area contributed by atoms with E-state index in [9.17, 15) is 8.78 Å². The summed E-state index contributed by atoms with van der Waals surface area (Å²) in [5, 5.41) is 2.86. The predicted octanol–water partition coefficient (Wildman–Crippen LogP) is 3.85. The fraction of sp³-hybridized carbons (Fsp3) is 0.143. The number of hydrogen-bond acceptors (Lipinski definition) is 2. The number of anilines is 3. The van der Waals surface area contributed by atoms with Gasteiger partial charge < -0.3 is 11.1 Å². The van der Waals surface area contributed by atoms with Crippen LogP contribution in [0, 0.1) is 11.6 Å². The third kappa shape index (κ3) is 2.27. The zero-order chi connectivity index (χ0) is 13.1. The van der Waals surface area contributed by atoms with E-state index in [0.717, 1.165) is 23.7 Å². The summed E-state index contributed by atoms with van der Waals surface area (Å²) in [7, 11) is 0. The van der Waals surface area contributed by atoms with Gasteiger partial charge in [-0.25, -0.2) is 8.78 Å². The monoisotopic (exact) mass is 248 g/mol. The topological polar surface area (TPSA) is 38.0 Å². The Balaban J connectivity index is 2.43. The molecule has 0 aliphatic heterocycles. The molecule has 4 heteroatoms. The number of aryl methyl sites for hydroxylation is 1. The number of para-hydroxylation sites is 1. The van der Waals surface area contributed by atoms with Gasteiger partial charge in [0.1, 0.15) is 5.69 Å². The van der Waals surface area contributed by atoms with Gasteiger partial charge >= 0.3 is 0 Å². The first kappa shape index (κ1) is 12.4. The van der Waals surface area contributed by atoms with E-state index < -0.39 is 11.6 Å². The Morgan fingerprint density at radius 3 is 2.56 bits per heavy atom. The molecular formula is C14H14F2N2. The fourth-order valence-electron chi connectivity index (χ4n) is 1.78. The van der Waals surface area contributed by atoms with E-state index in [4.69, 9.17) is 5.73 Å². The van der Waals surface area contributed by atoms with Crippen molar-refractivity contribution in [3.05, 3.63) is 53.6 Å². The Labute approximate surface area is 104 Å². The first-order valence-electron chi connectivity index (χ1n) is 5.72. The highest BCUT2D eigenvalue weighted by molar-refractivity contribution is 5.74. The van der Waals surface area contributed by atoms with Crippen LogP contribution < -0.4 is 11.1 Å². The summed E-state index contributed by atoms with van der Waals surface area (Å²) < 4.78 is 26.8. The molecule has 2 aromatic rings. The summed E-state index contributed by atoms with van der Waals surface area (Å²) in [5.74, 6) is -1.87. The zero-order valence-electron chi connectivity index (χ0n) is 10.0. The van der Waals surface area contributed by atoms with Crippen LogP contribution in [-0.4, -0.2) is 0 Å². The summed E-state index contributed by atoms with van der Waals surface area (Å²) in [6.45, 7) is 1.99. The van der Waals surface area contributed by atoms with Crippen LogP contribution in [0.5, 0.6) is 0 Å². The lowest BCUT2D eigenvalue weighted by Gasteiger charge is -2.13. The second kappa shape index (κ2) is 5.04. The molecule has 0 unspecified atom stereocenters. The minimum Gasteiger partial charge on any atom is -0.397 e. The molecule has 0 saturated carbocycles. The standard InChI is InChI=1S/C14H14F2N2/c1-2-9-5-3-4-6-12(9)18-14-11(17)8-7-10(15)13(14)16/h3-8,18H,2,17H2,1H3. The van der Waals surface area contributed by atoms with Crippen LogP contribution >= 0.6 is 0 Å². The van der Waals surface area contributed by atoms with Crippen LogP contribution in [0.1, 0.15) is 12.5 Å². The molecule has 0 amide bonds. The molecular weight excluding hydrogens is 234 g/mol. The first-order valence-corrected chi connectivity index (χ1v) is 5.72. The molecule has 18 heavy (non-hydrogen) atoms. The van der Waals surface area contributed by atoms with E-state index in [0.29, 0.717) is 0 Å². The Morgan fingerprint density at radius 2 is 1.83 bits per heavy atom. The third-order valence-electron chi connectivity index (χ3n) is 2.79. The Kier molecular flexibility index (Phi) is 3.46. The number of nitrogen functional groups attached to an aromatic ring is 1. The summed E-state index contributed by atoms with van der Waals surface area (Å²) in [6.07, 6.45) is 0.792. The van der Waals surface area contributed by atoms with E-state index >= 15 is 0 Å². The van der Waals surface area contributed by atoms with Crippen LogP contribution in [0.4, 0.5) is 25.8 Å². The van der Waals surface area contributed by atoms with E-state index in [2.05, 4.69) is 5.32 Å². The predicted molar refractivity (Wildman–Crippen MR) is 69.9 cm³/mol. The first-order chi connectivity index (χ1) is 8.63. The summed E-state index contributed by atoms with van der Waals surface area (Å²) >= 11 is 0. The number of halogens is 2. The van der Waals surface area contributed by atoms with Gasteiger partial charge in [0.15, 0.2) is 11.6 Å². The smallest absolute Gasteiger partial charge is 0.184 e. The summed E-state index contributed by atoms with van der Waals surface area (Å²) in [6, 6.07) is 9.82. The molecule has 0 radical (unpaired) electrons. The lowest BCUT2D eigenvalue weighted by atomic mass is 10.1. The average molecular weight is 248 g/mol. The largest absolute Gasteiger partial charge is 0.397 e. The van der Waals surface area contributed by atoms with Gasteiger partial charge in [-0.2, -0.15) is 0 Å². The Hall–Kier alpha value is -2.10. The second-order valence-corrected chi connectivity index (χ2v) is 3.96. The molecule has 0 heterocycles. The maximum absolute atomic E-state index is 13.7. The van der Waals surface area contributed by atoms with Crippen molar-refractivity contribution in [2.45, 2.75) is 13.3 Å². The molecule has 0 aromatic heterocycles. The van der Waals surface area contributed by atoms with Crippen molar-refractivity contribution in [1.82, 2.24) is 0 Å². The van der Waals surface area contributed by atoms with E-state index in [1.165, 1.54) is 6.07 Å². The highest BCUT2D eigenvalue weighted by Crippen LogP contribution is 2.29. The maximum atomic E-state index is 13.7. The van der Waals surface area contributed by atoms with Crippen molar-refractivity contribution in [3.63, 3.8) is 0 Å². The van der Waals surface area contributed by atoms with Crippen molar-refractivity contribution < 1.29 is 8.78 Å². The fourth-order valence-corrected chi connectivity index (χ4v) is 1.78. The molecule has 2 nitrogen and oxygen atoms in total. The number of rotatable bonds is 3. The molecule has 0 spiro atoms. The average Bonchev–Trinajstić information content (AvgIpc) is 2.39. The van der Waals surface area contributed by atoms with Gasteiger partial charge in [0.25, 0.3) is 0 Å². The Bertz CT molecular complexity index is 568. The summed E-state index contributed by atoms with van der Waals surface area (Å²) in [4.78, 5) is 0. The molecule has 0 bridgehead atoms. The molecule has 3 N–H and O–H groups in total. The van der Waals surface area contributed by atoms with Gasteiger partial charge in [-0.05, 0) is 30.2 Å². The van der Waals surface area contributed by atoms with Gasteiger partial charge in [-0.3, -0.25) is 0 Å². The van der Waals surface area contributed by atoms with Gasteiger partial charge in [0.2, 0.25) is 0 Å². The van der Waals surface area contributed by atoms with Crippen molar-refractivity contribution in [2.24, 2.45) is 0 Å². The van der Waals surface area contributed by atoms with Gasteiger partial charge in [0, 0.05) is 5.69 Å². The molecule has 0 atom stereocenters. The Morgan fingerprint density at radius 1 is 1.11 bits per heavy atom. The van der Waals surface area contributed by atoms with Crippen LogP contribution in [0.15, 0.2) is 36.4 Å². The van der Waals surface area contributed by atoms with Gasteiger partial charge in [0.05, 0.1) is 5.69 Å². The summed E-state index contributed by atoms with van der Waals surface area (Å²) in [5.41, 5.74) is 7.57. The minimum atomic E-state index is -0.957. The number of hydrogen-bond donors (Lipinski definition) is 2. The number of nitrogens with two attached hydrogens (primary N) is 1. The number of nitrogens with one attached hydrogen (secondary N) is 1. The van der Waals surface area contributed by atoms with E-state index in [1.54, 1.807) is 0 Å². The normalized spacial score (nSPS) is 10.4. The SMILES string of the molecule is CCc1ccccc1Nc1c(N)ccc(F)c1F. The molecule has 0 fully saturated rings. The van der Waals surface area contributed by atoms with Crippen LogP contribution in [0.3, 0.4) is 0 Å². The van der Waals surface area contributed by atoms with E-state index in [1.807, 2.05) is 31.2 Å². The van der Waals surface area contributed by atoms with Gasteiger partial charge in [-0.1, -0.05) is 25.1 Å². The highest BCUT2D eigenvalue weighted by Gasteiger charge is 2.12. The molecule has 0 saturated heterocycles. The lowest BCUT2D eigenvalue weighted by Crippen LogP contribution is -2.03.